The van der Waals surface area contributed by atoms with Crippen molar-refractivity contribution < 1.29 is 9.90 Å². The van der Waals surface area contributed by atoms with Crippen LogP contribution in [0.3, 0.4) is 0 Å². The van der Waals surface area contributed by atoms with Crippen LogP contribution in [-0.4, -0.2) is 17.5 Å². The SMILES string of the molecule is CCCCCCCC(O)CC=O. The first-order chi connectivity index (χ1) is 5.81. The minimum absolute atomic E-state index is 0.299. The summed E-state index contributed by atoms with van der Waals surface area (Å²) in [5.41, 5.74) is 0. The maximum absolute atomic E-state index is 9.99. The van der Waals surface area contributed by atoms with Crippen LogP contribution in [0.5, 0.6) is 0 Å². The summed E-state index contributed by atoms with van der Waals surface area (Å²) in [6.07, 6.45) is 7.49. The second kappa shape index (κ2) is 8.72. The molecule has 0 amide bonds. The lowest BCUT2D eigenvalue weighted by Gasteiger charge is -2.05. The van der Waals surface area contributed by atoms with E-state index in [2.05, 4.69) is 6.92 Å². The van der Waals surface area contributed by atoms with Gasteiger partial charge in [0.25, 0.3) is 0 Å². The quantitative estimate of drug-likeness (QED) is 0.450. The van der Waals surface area contributed by atoms with Crippen LogP contribution in [0.15, 0.2) is 0 Å². The van der Waals surface area contributed by atoms with Gasteiger partial charge in [0.1, 0.15) is 6.29 Å². The molecule has 0 aromatic heterocycles. The predicted octanol–water partition coefficient (Wildman–Crippen LogP) is 2.30. The van der Waals surface area contributed by atoms with E-state index in [1.165, 1.54) is 25.7 Å². The van der Waals surface area contributed by atoms with Gasteiger partial charge in [-0.25, -0.2) is 0 Å². The minimum Gasteiger partial charge on any atom is -0.393 e. The highest BCUT2D eigenvalue weighted by Crippen LogP contribution is 2.08. The van der Waals surface area contributed by atoms with Gasteiger partial charge >= 0.3 is 0 Å². The highest BCUT2D eigenvalue weighted by Gasteiger charge is 2.01. The molecule has 0 saturated carbocycles. The van der Waals surface area contributed by atoms with E-state index in [1.54, 1.807) is 0 Å². The molecule has 0 rings (SSSR count). The Morgan fingerprint density at radius 1 is 1.25 bits per heavy atom. The lowest BCUT2D eigenvalue weighted by Crippen LogP contribution is -2.06. The number of aldehydes is 1. The number of aliphatic hydroxyl groups is 1. The van der Waals surface area contributed by atoms with Crippen molar-refractivity contribution in [3.8, 4) is 0 Å². The van der Waals surface area contributed by atoms with Gasteiger partial charge in [-0.2, -0.15) is 0 Å². The maximum atomic E-state index is 9.99. The zero-order valence-electron chi connectivity index (χ0n) is 7.96. The van der Waals surface area contributed by atoms with Crippen LogP contribution in [0.2, 0.25) is 0 Å². The summed E-state index contributed by atoms with van der Waals surface area (Å²) >= 11 is 0. The summed E-state index contributed by atoms with van der Waals surface area (Å²) in [4.78, 5) is 9.99. The van der Waals surface area contributed by atoms with Gasteiger partial charge in [0, 0.05) is 6.42 Å². The summed E-state index contributed by atoms with van der Waals surface area (Å²) in [6.45, 7) is 2.18. The fourth-order valence-electron chi connectivity index (χ4n) is 1.21. The van der Waals surface area contributed by atoms with Crippen LogP contribution >= 0.6 is 0 Å². The molecule has 1 N–H and O–H groups in total. The molecule has 0 aromatic carbocycles. The molecule has 72 valence electrons. The van der Waals surface area contributed by atoms with E-state index in [0.29, 0.717) is 6.42 Å². The number of carbonyl (C=O) groups is 1. The van der Waals surface area contributed by atoms with Crippen molar-refractivity contribution in [1.29, 1.82) is 0 Å². The van der Waals surface area contributed by atoms with Crippen LogP contribution in [-0.2, 0) is 4.79 Å². The van der Waals surface area contributed by atoms with Crippen molar-refractivity contribution in [3.05, 3.63) is 0 Å². The smallest absolute Gasteiger partial charge is 0.122 e. The first-order valence-corrected chi connectivity index (χ1v) is 4.93. The van der Waals surface area contributed by atoms with Crippen molar-refractivity contribution in [2.45, 2.75) is 58.0 Å². The van der Waals surface area contributed by atoms with Gasteiger partial charge in [0.05, 0.1) is 6.10 Å². The normalized spacial score (nSPS) is 12.8. The molecule has 0 bridgehead atoms. The standard InChI is InChI=1S/C10H20O2/c1-2-3-4-5-6-7-10(12)8-9-11/h9-10,12H,2-8H2,1H3. The van der Waals surface area contributed by atoms with Gasteiger partial charge in [-0.1, -0.05) is 39.0 Å². The third-order valence-corrected chi connectivity index (χ3v) is 2.01. The molecule has 1 unspecified atom stereocenters. The van der Waals surface area contributed by atoms with Gasteiger partial charge in [-0.15, -0.1) is 0 Å². The zero-order valence-corrected chi connectivity index (χ0v) is 7.96. The Bertz CT molecular complexity index is 102. The average molecular weight is 172 g/mol. The van der Waals surface area contributed by atoms with Gasteiger partial charge in [0.15, 0.2) is 0 Å². The molecule has 0 spiro atoms. The van der Waals surface area contributed by atoms with Crippen LogP contribution in [0.25, 0.3) is 0 Å². The monoisotopic (exact) mass is 172 g/mol. The molecule has 12 heavy (non-hydrogen) atoms. The Labute approximate surface area is 75.0 Å². The topological polar surface area (TPSA) is 37.3 Å². The van der Waals surface area contributed by atoms with E-state index in [-0.39, 0.29) is 0 Å². The number of unbranched alkanes of at least 4 members (excludes halogenated alkanes) is 4. The fraction of sp³-hybridized carbons (Fsp3) is 0.900. The summed E-state index contributed by atoms with van der Waals surface area (Å²) in [6, 6.07) is 0. The van der Waals surface area contributed by atoms with Crippen molar-refractivity contribution >= 4 is 6.29 Å². The van der Waals surface area contributed by atoms with Crippen LogP contribution < -0.4 is 0 Å². The maximum Gasteiger partial charge on any atom is 0.122 e. The lowest BCUT2D eigenvalue weighted by molar-refractivity contribution is -0.109. The van der Waals surface area contributed by atoms with Crippen LogP contribution in [0.4, 0.5) is 0 Å². The zero-order chi connectivity index (χ0) is 9.23. The summed E-state index contributed by atoms with van der Waals surface area (Å²) in [5, 5.41) is 9.17. The van der Waals surface area contributed by atoms with E-state index in [9.17, 15) is 9.90 Å². The Morgan fingerprint density at radius 3 is 2.50 bits per heavy atom. The Kier molecular flexibility index (Phi) is 8.46. The van der Waals surface area contributed by atoms with Crippen molar-refractivity contribution in [2.24, 2.45) is 0 Å². The molecule has 0 heterocycles. The fourth-order valence-corrected chi connectivity index (χ4v) is 1.21. The average Bonchev–Trinajstić information content (AvgIpc) is 2.05. The summed E-state index contributed by atoms with van der Waals surface area (Å²) < 4.78 is 0. The molecule has 0 aliphatic rings. The highest BCUT2D eigenvalue weighted by atomic mass is 16.3. The molecule has 0 radical (unpaired) electrons. The van der Waals surface area contributed by atoms with E-state index in [0.717, 1.165) is 19.1 Å². The highest BCUT2D eigenvalue weighted by molar-refractivity contribution is 5.49. The molecule has 0 aliphatic heterocycles. The predicted molar refractivity (Wildman–Crippen MR) is 50.1 cm³/mol. The first-order valence-electron chi connectivity index (χ1n) is 4.93. The van der Waals surface area contributed by atoms with E-state index in [1.807, 2.05) is 0 Å². The van der Waals surface area contributed by atoms with Crippen molar-refractivity contribution in [1.82, 2.24) is 0 Å². The Hall–Kier alpha value is -0.370. The lowest BCUT2D eigenvalue weighted by atomic mass is 10.1. The van der Waals surface area contributed by atoms with Gasteiger partial charge in [-0.05, 0) is 6.42 Å². The van der Waals surface area contributed by atoms with E-state index < -0.39 is 6.10 Å². The molecular weight excluding hydrogens is 152 g/mol. The van der Waals surface area contributed by atoms with Gasteiger partial charge in [-0.3, -0.25) is 0 Å². The third-order valence-electron chi connectivity index (χ3n) is 2.01. The molecule has 0 aromatic rings. The summed E-state index contributed by atoms with van der Waals surface area (Å²) in [5.74, 6) is 0. The minimum atomic E-state index is -0.399. The number of carbonyl (C=O) groups excluding carboxylic acids is 1. The summed E-state index contributed by atoms with van der Waals surface area (Å²) in [7, 11) is 0. The second-order valence-corrected chi connectivity index (χ2v) is 3.26. The Balaban J connectivity index is 3.02. The van der Waals surface area contributed by atoms with E-state index in [4.69, 9.17) is 0 Å². The number of aliphatic hydroxyl groups excluding tert-OH is 1. The molecule has 0 saturated heterocycles. The molecule has 1 atom stereocenters. The largest absolute Gasteiger partial charge is 0.393 e. The van der Waals surface area contributed by atoms with Crippen LogP contribution in [0, 0.1) is 0 Å². The molecule has 0 fully saturated rings. The molecule has 2 nitrogen and oxygen atoms in total. The molecule has 2 heteroatoms. The van der Waals surface area contributed by atoms with Gasteiger partial charge < -0.3 is 9.90 Å². The van der Waals surface area contributed by atoms with Crippen molar-refractivity contribution in [2.75, 3.05) is 0 Å². The number of rotatable bonds is 8. The number of hydrogen-bond acceptors (Lipinski definition) is 2. The van der Waals surface area contributed by atoms with Crippen LogP contribution in [0.1, 0.15) is 51.9 Å². The number of hydrogen-bond donors (Lipinski definition) is 1. The third kappa shape index (κ3) is 7.73. The molecule has 0 aliphatic carbocycles. The first kappa shape index (κ1) is 11.6. The molecular formula is C10H20O2. The van der Waals surface area contributed by atoms with E-state index >= 15 is 0 Å². The second-order valence-electron chi connectivity index (χ2n) is 3.26. The Morgan fingerprint density at radius 2 is 1.92 bits per heavy atom. The van der Waals surface area contributed by atoms with Gasteiger partial charge in [0.2, 0.25) is 0 Å². The van der Waals surface area contributed by atoms with Crippen molar-refractivity contribution in [3.63, 3.8) is 0 Å².